The molecular weight excluding hydrogens is 292 g/mol. The second kappa shape index (κ2) is 6.62. The van der Waals surface area contributed by atoms with Crippen LogP contribution in [-0.2, 0) is 6.54 Å². The number of carbonyl (C=O) groups is 1. The highest BCUT2D eigenvalue weighted by molar-refractivity contribution is 7.98. The molecule has 0 unspecified atom stereocenters. The monoisotopic (exact) mass is 308 g/mol. The van der Waals surface area contributed by atoms with E-state index in [-0.39, 0.29) is 5.91 Å². The number of carbonyl (C=O) groups excluding carboxylic acids is 1. The molecule has 1 aromatic heterocycles. The molecule has 2 aromatic carbocycles. The first-order chi connectivity index (χ1) is 10.8. The largest absolute Gasteiger partial charge is 0.347 e. The second-order valence-corrected chi connectivity index (χ2v) is 5.80. The zero-order chi connectivity index (χ0) is 15.4. The van der Waals surface area contributed by atoms with Crippen LogP contribution in [0.5, 0.6) is 0 Å². The molecule has 22 heavy (non-hydrogen) atoms. The van der Waals surface area contributed by atoms with Gasteiger partial charge in [-0.15, -0.1) is 11.8 Å². The van der Waals surface area contributed by atoms with Crippen LogP contribution in [0, 0.1) is 0 Å². The van der Waals surface area contributed by atoms with E-state index in [1.807, 2.05) is 48.7 Å². The average Bonchev–Trinajstić information content (AvgIpc) is 2.59. The highest BCUT2D eigenvalue weighted by Gasteiger charge is 2.07. The third-order valence-electron chi connectivity index (χ3n) is 3.44. The smallest absolute Gasteiger partial charge is 0.270 e. The van der Waals surface area contributed by atoms with Crippen molar-refractivity contribution >= 4 is 28.6 Å². The summed E-state index contributed by atoms with van der Waals surface area (Å²) in [6.45, 7) is 0.502. The Morgan fingerprint density at radius 1 is 1.05 bits per heavy atom. The van der Waals surface area contributed by atoms with Crippen molar-refractivity contribution in [3.05, 3.63) is 71.9 Å². The van der Waals surface area contributed by atoms with Gasteiger partial charge in [0, 0.05) is 16.8 Å². The number of rotatable bonds is 4. The van der Waals surface area contributed by atoms with Crippen molar-refractivity contribution in [3.8, 4) is 0 Å². The molecule has 3 nitrogen and oxygen atoms in total. The third-order valence-corrected chi connectivity index (χ3v) is 4.19. The summed E-state index contributed by atoms with van der Waals surface area (Å²) >= 11 is 1.70. The predicted molar refractivity (Wildman–Crippen MR) is 91.1 cm³/mol. The Kier molecular flexibility index (Phi) is 4.39. The molecule has 0 saturated heterocycles. The fraction of sp³-hybridized carbons (Fsp3) is 0.111. The summed E-state index contributed by atoms with van der Waals surface area (Å²) in [6, 6.07) is 19.6. The lowest BCUT2D eigenvalue weighted by molar-refractivity contribution is 0.0946. The van der Waals surface area contributed by atoms with E-state index in [0.717, 1.165) is 16.5 Å². The van der Waals surface area contributed by atoms with Gasteiger partial charge >= 0.3 is 0 Å². The lowest BCUT2D eigenvalue weighted by Gasteiger charge is -2.06. The molecule has 1 heterocycles. The average molecular weight is 308 g/mol. The first-order valence-corrected chi connectivity index (χ1v) is 8.25. The maximum absolute atomic E-state index is 12.2. The van der Waals surface area contributed by atoms with Crippen molar-refractivity contribution in [1.82, 2.24) is 10.3 Å². The van der Waals surface area contributed by atoms with E-state index in [1.54, 1.807) is 17.8 Å². The summed E-state index contributed by atoms with van der Waals surface area (Å²) in [5.41, 5.74) is 2.35. The number of nitrogens with zero attached hydrogens (tertiary/aromatic N) is 1. The Hall–Kier alpha value is -2.33. The van der Waals surface area contributed by atoms with Gasteiger partial charge in [0.1, 0.15) is 5.69 Å². The normalized spacial score (nSPS) is 10.6. The number of fused-ring (bicyclic) bond motifs is 1. The first kappa shape index (κ1) is 14.6. The summed E-state index contributed by atoms with van der Waals surface area (Å²) in [5.74, 6) is -0.153. The van der Waals surface area contributed by atoms with Crippen LogP contribution >= 0.6 is 11.8 Å². The van der Waals surface area contributed by atoms with E-state index in [9.17, 15) is 4.79 Å². The van der Waals surface area contributed by atoms with Crippen molar-refractivity contribution in [2.75, 3.05) is 6.26 Å². The summed E-state index contributed by atoms with van der Waals surface area (Å²) in [6.07, 6.45) is 2.04. The zero-order valence-electron chi connectivity index (χ0n) is 12.2. The Morgan fingerprint density at radius 2 is 1.82 bits per heavy atom. The highest BCUT2D eigenvalue weighted by atomic mass is 32.2. The van der Waals surface area contributed by atoms with E-state index in [1.165, 1.54) is 4.90 Å². The molecule has 3 aromatic rings. The van der Waals surface area contributed by atoms with Crippen LogP contribution in [-0.4, -0.2) is 17.1 Å². The number of benzene rings is 2. The fourth-order valence-corrected chi connectivity index (χ4v) is 2.62. The zero-order valence-corrected chi connectivity index (χ0v) is 13.1. The summed E-state index contributed by atoms with van der Waals surface area (Å²) in [5, 5.41) is 3.94. The Morgan fingerprint density at radius 3 is 2.59 bits per heavy atom. The van der Waals surface area contributed by atoms with Crippen molar-refractivity contribution < 1.29 is 4.79 Å². The molecule has 0 atom stereocenters. The van der Waals surface area contributed by atoms with Crippen LogP contribution in [0.15, 0.2) is 65.6 Å². The predicted octanol–water partition coefficient (Wildman–Crippen LogP) is 3.89. The molecule has 0 fully saturated rings. The topological polar surface area (TPSA) is 42.0 Å². The Bertz CT molecular complexity index is 800. The Labute approximate surface area is 133 Å². The lowest BCUT2D eigenvalue weighted by Crippen LogP contribution is -2.23. The van der Waals surface area contributed by atoms with Crippen LogP contribution in [0.4, 0.5) is 0 Å². The minimum absolute atomic E-state index is 0.153. The number of hydrogen-bond acceptors (Lipinski definition) is 3. The van der Waals surface area contributed by atoms with Gasteiger partial charge in [-0.25, -0.2) is 4.98 Å². The summed E-state index contributed by atoms with van der Waals surface area (Å²) in [4.78, 5) is 17.8. The number of aromatic nitrogens is 1. The van der Waals surface area contributed by atoms with E-state index in [0.29, 0.717) is 12.2 Å². The first-order valence-electron chi connectivity index (χ1n) is 7.03. The molecule has 110 valence electrons. The highest BCUT2D eigenvalue weighted by Crippen LogP contribution is 2.15. The number of hydrogen-bond donors (Lipinski definition) is 1. The van der Waals surface area contributed by atoms with Crippen LogP contribution in [0.3, 0.4) is 0 Å². The molecule has 3 rings (SSSR count). The van der Waals surface area contributed by atoms with Gasteiger partial charge in [0.25, 0.3) is 5.91 Å². The molecule has 0 spiro atoms. The molecule has 1 N–H and O–H groups in total. The number of thioether (sulfide) groups is 1. The minimum atomic E-state index is -0.153. The molecule has 0 aliphatic carbocycles. The molecule has 1 amide bonds. The van der Waals surface area contributed by atoms with Crippen LogP contribution < -0.4 is 5.32 Å². The number of pyridine rings is 1. The maximum Gasteiger partial charge on any atom is 0.270 e. The quantitative estimate of drug-likeness (QED) is 0.744. The Balaban J connectivity index is 1.69. The molecular formula is C18H16N2OS. The lowest BCUT2D eigenvalue weighted by atomic mass is 10.2. The van der Waals surface area contributed by atoms with E-state index >= 15 is 0 Å². The standard InChI is InChI=1S/C18H16N2OS/c1-22-15-9-6-13(7-10-15)12-19-18(21)17-11-8-14-4-2-3-5-16(14)20-17/h2-11H,12H2,1H3,(H,19,21). The van der Waals surface area contributed by atoms with Crippen molar-refractivity contribution in [3.63, 3.8) is 0 Å². The van der Waals surface area contributed by atoms with Gasteiger partial charge < -0.3 is 5.32 Å². The summed E-state index contributed by atoms with van der Waals surface area (Å²) in [7, 11) is 0. The fourth-order valence-electron chi connectivity index (χ4n) is 2.21. The van der Waals surface area contributed by atoms with E-state index in [4.69, 9.17) is 0 Å². The van der Waals surface area contributed by atoms with Crippen molar-refractivity contribution in [2.45, 2.75) is 11.4 Å². The van der Waals surface area contributed by atoms with Crippen molar-refractivity contribution in [1.29, 1.82) is 0 Å². The van der Waals surface area contributed by atoms with E-state index in [2.05, 4.69) is 22.4 Å². The number of para-hydroxylation sites is 1. The molecule has 0 aliphatic rings. The molecule has 0 bridgehead atoms. The molecule has 4 heteroatoms. The van der Waals surface area contributed by atoms with Gasteiger partial charge in [-0.2, -0.15) is 0 Å². The summed E-state index contributed by atoms with van der Waals surface area (Å²) < 4.78 is 0. The van der Waals surface area contributed by atoms with Gasteiger partial charge in [0.2, 0.25) is 0 Å². The minimum Gasteiger partial charge on any atom is -0.347 e. The molecule has 0 saturated carbocycles. The van der Waals surface area contributed by atoms with E-state index < -0.39 is 0 Å². The van der Waals surface area contributed by atoms with Gasteiger partial charge in [-0.05, 0) is 36.1 Å². The maximum atomic E-state index is 12.2. The van der Waals surface area contributed by atoms with Crippen LogP contribution in [0.2, 0.25) is 0 Å². The SMILES string of the molecule is CSc1ccc(CNC(=O)c2ccc3ccccc3n2)cc1. The van der Waals surface area contributed by atoms with Crippen molar-refractivity contribution in [2.24, 2.45) is 0 Å². The third kappa shape index (κ3) is 3.28. The molecule has 0 aliphatic heterocycles. The van der Waals surface area contributed by atoms with Gasteiger partial charge in [0.05, 0.1) is 5.52 Å². The van der Waals surface area contributed by atoms with Gasteiger partial charge in [-0.3, -0.25) is 4.79 Å². The molecule has 0 radical (unpaired) electrons. The van der Waals surface area contributed by atoms with Crippen LogP contribution in [0.25, 0.3) is 10.9 Å². The number of amides is 1. The second-order valence-electron chi connectivity index (χ2n) is 4.92. The van der Waals surface area contributed by atoms with Gasteiger partial charge in [0.15, 0.2) is 0 Å². The van der Waals surface area contributed by atoms with Crippen LogP contribution in [0.1, 0.15) is 16.1 Å². The van der Waals surface area contributed by atoms with Gasteiger partial charge in [-0.1, -0.05) is 36.4 Å². The number of nitrogens with one attached hydrogen (secondary N) is 1.